The first-order chi connectivity index (χ1) is 11.7. The Morgan fingerprint density at radius 1 is 1.12 bits per heavy atom. The standard InChI is InChI=1S/C17H25N3O3S2/c1-11-5-4-6-15(12(11)2)18-17(24)20-19-16(21)13-7-9-14(10-8-13)25(3,22)23/h7-12,15H,4-6H2,1-3H3,(H,19,21)(H2,18,20,24)/t11-,12-,15-/m1/s1. The maximum absolute atomic E-state index is 12.1. The Morgan fingerprint density at radius 2 is 1.76 bits per heavy atom. The lowest BCUT2D eigenvalue weighted by Gasteiger charge is -2.35. The van der Waals surface area contributed by atoms with Gasteiger partial charge >= 0.3 is 0 Å². The minimum absolute atomic E-state index is 0.176. The molecule has 3 N–H and O–H groups in total. The Balaban J connectivity index is 1.86. The number of hydrazine groups is 1. The molecular weight excluding hydrogens is 358 g/mol. The van der Waals surface area contributed by atoms with Crippen LogP contribution in [0.4, 0.5) is 0 Å². The van der Waals surface area contributed by atoms with Gasteiger partial charge in [0, 0.05) is 17.9 Å². The summed E-state index contributed by atoms with van der Waals surface area (Å²) in [6.45, 7) is 4.46. The number of rotatable bonds is 3. The largest absolute Gasteiger partial charge is 0.358 e. The quantitative estimate of drug-likeness (QED) is 0.547. The first-order valence-corrected chi connectivity index (χ1v) is 10.7. The van der Waals surface area contributed by atoms with Gasteiger partial charge < -0.3 is 5.32 Å². The Labute approximate surface area is 154 Å². The summed E-state index contributed by atoms with van der Waals surface area (Å²) in [5, 5.41) is 3.64. The van der Waals surface area contributed by atoms with Crippen molar-refractivity contribution in [1.29, 1.82) is 0 Å². The fraction of sp³-hybridized carbons (Fsp3) is 0.529. The molecular formula is C17H25N3O3S2. The molecule has 0 aromatic heterocycles. The van der Waals surface area contributed by atoms with Crippen molar-refractivity contribution >= 4 is 33.1 Å². The zero-order valence-corrected chi connectivity index (χ0v) is 16.3. The van der Waals surface area contributed by atoms with Crippen molar-refractivity contribution in [2.75, 3.05) is 6.26 Å². The summed E-state index contributed by atoms with van der Waals surface area (Å²) in [5.41, 5.74) is 5.59. The van der Waals surface area contributed by atoms with Gasteiger partial charge in [-0.25, -0.2) is 8.42 Å². The zero-order chi connectivity index (χ0) is 18.6. The average molecular weight is 384 g/mol. The van der Waals surface area contributed by atoms with Crippen LogP contribution in [0.15, 0.2) is 29.2 Å². The summed E-state index contributed by atoms with van der Waals surface area (Å²) >= 11 is 5.25. The normalized spacial score (nSPS) is 23.6. The second kappa shape index (κ2) is 8.14. The van der Waals surface area contributed by atoms with E-state index in [2.05, 4.69) is 30.0 Å². The number of amides is 1. The zero-order valence-electron chi connectivity index (χ0n) is 14.7. The third-order valence-electron chi connectivity index (χ3n) is 4.86. The minimum atomic E-state index is -3.28. The first kappa shape index (κ1) is 19.7. The fourth-order valence-corrected chi connectivity index (χ4v) is 3.86. The Bertz CT molecular complexity index is 732. The van der Waals surface area contributed by atoms with Crippen molar-refractivity contribution in [1.82, 2.24) is 16.2 Å². The van der Waals surface area contributed by atoms with Crippen LogP contribution in [-0.4, -0.2) is 31.7 Å². The van der Waals surface area contributed by atoms with Crippen LogP contribution in [0.5, 0.6) is 0 Å². The van der Waals surface area contributed by atoms with E-state index in [1.807, 2.05) is 0 Å². The van der Waals surface area contributed by atoms with Crippen molar-refractivity contribution in [2.45, 2.75) is 44.0 Å². The van der Waals surface area contributed by atoms with Crippen molar-refractivity contribution in [2.24, 2.45) is 11.8 Å². The molecule has 0 aliphatic heterocycles. The highest BCUT2D eigenvalue weighted by molar-refractivity contribution is 7.90. The smallest absolute Gasteiger partial charge is 0.269 e. The molecule has 1 aromatic rings. The van der Waals surface area contributed by atoms with E-state index < -0.39 is 9.84 Å². The monoisotopic (exact) mass is 383 g/mol. The van der Waals surface area contributed by atoms with Crippen LogP contribution in [-0.2, 0) is 9.84 Å². The second-order valence-corrected chi connectivity index (χ2v) is 9.15. The highest BCUT2D eigenvalue weighted by Crippen LogP contribution is 2.29. The number of sulfone groups is 1. The highest BCUT2D eigenvalue weighted by Gasteiger charge is 2.27. The summed E-state index contributed by atoms with van der Waals surface area (Å²) in [4.78, 5) is 12.3. The Kier molecular flexibility index (Phi) is 6.40. The van der Waals surface area contributed by atoms with E-state index in [1.54, 1.807) is 0 Å². The number of nitrogens with one attached hydrogen (secondary N) is 3. The maximum Gasteiger partial charge on any atom is 0.269 e. The van der Waals surface area contributed by atoms with E-state index in [9.17, 15) is 13.2 Å². The molecule has 1 aromatic carbocycles. The third-order valence-corrected chi connectivity index (χ3v) is 6.21. The fourth-order valence-electron chi connectivity index (χ4n) is 3.03. The number of benzene rings is 1. The van der Waals surface area contributed by atoms with Crippen LogP contribution < -0.4 is 16.2 Å². The molecule has 1 aliphatic carbocycles. The van der Waals surface area contributed by atoms with Crippen LogP contribution in [0.3, 0.4) is 0 Å². The van der Waals surface area contributed by atoms with Crippen molar-refractivity contribution in [3.63, 3.8) is 0 Å². The van der Waals surface area contributed by atoms with E-state index in [-0.39, 0.29) is 10.8 Å². The van der Waals surface area contributed by atoms with Crippen molar-refractivity contribution in [3.8, 4) is 0 Å². The molecule has 0 bridgehead atoms. The molecule has 1 saturated carbocycles. The summed E-state index contributed by atoms with van der Waals surface area (Å²) in [5.74, 6) is 0.791. The lowest BCUT2D eigenvalue weighted by atomic mass is 9.78. The van der Waals surface area contributed by atoms with Gasteiger partial charge in [0.25, 0.3) is 5.91 Å². The van der Waals surface area contributed by atoms with Crippen LogP contribution in [0.1, 0.15) is 43.5 Å². The van der Waals surface area contributed by atoms with Gasteiger partial charge in [-0.1, -0.05) is 26.7 Å². The summed E-state index contributed by atoms with van der Waals surface area (Å²) in [6.07, 6.45) is 4.60. The first-order valence-electron chi connectivity index (χ1n) is 8.35. The van der Waals surface area contributed by atoms with E-state index in [4.69, 9.17) is 12.2 Å². The molecule has 0 spiro atoms. The van der Waals surface area contributed by atoms with Gasteiger partial charge in [-0.3, -0.25) is 15.6 Å². The van der Waals surface area contributed by atoms with Crippen molar-refractivity contribution < 1.29 is 13.2 Å². The minimum Gasteiger partial charge on any atom is -0.358 e. The van der Waals surface area contributed by atoms with Crippen LogP contribution >= 0.6 is 12.2 Å². The molecule has 25 heavy (non-hydrogen) atoms. The van der Waals surface area contributed by atoms with E-state index in [0.717, 1.165) is 12.7 Å². The molecule has 0 heterocycles. The molecule has 1 amide bonds. The van der Waals surface area contributed by atoms with Crippen molar-refractivity contribution in [3.05, 3.63) is 29.8 Å². The van der Waals surface area contributed by atoms with Gasteiger partial charge in [0.15, 0.2) is 14.9 Å². The molecule has 6 nitrogen and oxygen atoms in total. The summed E-state index contributed by atoms with van der Waals surface area (Å²) in [6, 6.07) is 6.05. The topological polar surface area (TPSA) is 87.3 Å². The highest BCUT2D eigenvalue weighted by atomic mass is 32.2. The van der Waals surface area contributed by atoms with Crippen LogP contribution in [0.2, 0.25) is 0 Å². The molecule has 0 unspecified atom stereocenters. The summed E-state index contributed by atoms with van der Waals surface area (Å²) < 4.78 is 22.9. The molecule has 3 atom stereocenters. The average Bonchev–Trinajstić information content (AvgIpc) is 2.56. The number of thiocarbonyl (C=S) groups is 1. The van der Waals surface area contributed by atoms with E-state index >= 15 is 0 Å². The van der Waals surface area contributed by atoms with Gasteiger partial charge in [-0.2, -0.15) is 0 Å². The maximum atomic E-state index is 12.1. The molecule has 0 saturated heterocycles. The summed E-state index contributed by atoms with van der Waals surface area (Å²) in [7, 11) is -3.28. The number of hydrogen-bond donors (Lipinski definition) is 3. The molecule has 2 rings (SSSR count). The number of hydrogen-bond acceptors (Lipinski definition) is 4. The SMILES string of the molecule is C[C@@H]1[C@H](C)CCC[C@H]1NC(=S)NNC(=O)c1ccc(S(C)(=O)=O)cc1. The van der Waals surface area contributed by atoms with Crippen LogP contribution in [0, 0.1) is 11.8 Å². The predicted octanol–water partition coefficient (Wildman–Crippen LogP) is 2.02. The molecule has 1 fully saturated rings. The number of carbonyl (C=O) groups is 1. The molecule has 1 aliphatic rings. The van der Waals surface area contributed by atoms with Gasteiger partial charge in [0.2, 0.25) is 0 Å². The molecule has 8 heteroatoms. The van der Waals surface area contributed by atoms with E-state index in [0.29, 0.717) is 28.6 Å². The Morgan fingerprint density at radius 3 is 2.36 bits per heavy atom. The predicted molar refractivity (Wildman–Crippen MR) is 102 cm³/mol. The van der Waals surface area contributed by atoms with Gasteiger partial charge in [-0.05, 0) is 54.7 Å². The lowest BCUT2D eigenvalue weighted by Crippen LogP contribution is -2.52. The molecule has 138 valence electrons. The van der Waals surface area contributed by atoms with Crippen LogP contribution in [0.25, 0.3) is 0 Å². The van der Waals surface area contributed by atoms with Gasteiger partial charge in [0.05, 0.1) is 4.90 Å². The lowest BCUT2D eigenvalue weighted by molar-refractivity contribution is 0.0943. The van der Waals surface area contributed by atoms with Gasteiger partial charge in [-0.15, -0.1) is 0 Å². The number of carbonyl (C=O) groups excluding carboxylic acids is 1. The van der Waals surface area contributed by atoms with E-state index in [1.165, 1.54) is 37.1 Å². The van der Waals surface area contributed by atoms with Gasteiger partial charge in [0.1, 0.15) is 0 Å². The second-order valence-electron chi connectivity index (χ2n) is 6.72. The Hall–Kier alpha value is -1.67. The third kappa shape index (κ3) is 5.40. The molecule has 0 radical (unpaired) electrons.